The smallest absolute Gasteiger partial charge is 0.147 e. The van der Waals surface area contributed by atoms with E-state index in [0.717, 1.165) is 37.6 Å². The molecule has 6 heteroatoms. The van der Waals surface area contributed by atoms with Gasteiger partial charge in [0.2, 0.25) is 0 Å². The van der Waals surface area contributed by atoms with Crippen LogP contribution < -0.4 is 0 Å². The molecular weight excluding hydrogens is 274 g/mol. The summed E-state index contributed by atoms with van der Waals surface area (Å²) in [4.78, 5) is 11.3. The van der Waals surface area contributed by atoms with Gasteiger partial charge >= 0.3 is 0 Å². The van der Waals surface area contributed by atoms with Crippen LogP contribution in [0, 0.1) is 0 Å². The molecule has 2 heterocycles. The summed E-state index contributed by atoms with van der Waals surface area (Å²) in [5, 5.41) is 0. The Balaban J connectivity index is 1.97. The summed E-state index contributed by atoms with van der Waals surface area (Å²) in [5.74, 6) is 1.49. The van der Waals surface area contributed by atoms with Crippen LogP contribution in [0.3, 0.4) is 0 Å². The van der Waals surface area contributed by atoms with E-state index in [1.54, 1.807) is 0 Å². The monoisotopic (exact) mass is 297 g/mol. The molecule has 0 saturated heterocycles. The minimum absolute atomic E-state index is 0.261. The van der Waals surface area contributed by atoms with E-state index in [9.17, 15) is 8.42 Å². The fourth-order valence-electron chi connectivity index (χ4n) is 2.39. The van der Waals surface area contributed by atoms with Crippen LogP contribution in [0.4, 0.5) is 0 Å². The molecule has 0 fully saturated rings. The van der Waals surface area contributed by atoms with Gasteiger partial charge in [0.25, 0.3) is 0 Å². The molecule has 1 aliphatic rings. The van der Waals surface area contributed by atoms with Gasteiger partial charge < -0.3 is 0 Å². The number of fused-ring (bicyclic) bond motifs is 1. The molecule has 2 rings (SSSR count). The highest BCUT2D eigenvalue weighted by Crippen LogP contribution is 2.19. The lowest BCUT2D eigenvalue weighted by atomic mass is 10.1. The fraction of sp³-hybridized carbons (Fsp3) is 0.714. The summed E-state index contributed by atoms with van der Waals surface area (Å²) in [6.45, 7) is 6.76. The Labute approximate surface area is 121 Å². The van der Waals surface area contributed by atoms with Crippen LogP contribution in [-0.4, -0.2) is 48.4 Å². The molecule has 0 saturated carbocycles. The van der Waals surface area contributed by atoms with E-state index in [2.05, 4.69) is 28.7 Å². The average Bonchev–Trinajstić information content (AvgIpc) is 2.36. The zero-order chi connectivity index (χ0) is 14.8. The van der Waals surface area contributed by atoms with E-state index in [1.165, 1.54) is 11.8 Å². The minimum atomic E-state index is -2.86. The first-order valence-corrected chi connectivity index (χ1v) is 9.16. The van der Waals surface area contributed by atoms with Crippen molar-refractivity contribution in [3.05, 3.63) is 23.3 Å². The lowest BCUT2D eigenvalue weighted by molar-refractivity contribution is 0.250. The van der Waals surface area contributed by atoms with Gasteiger partial charge in [-0.2, -0.15) is 0 Å². The van der Waals surface area contributed by atoms with E-state index < -0.39 is 9.84 Å². The quantitative estimate of drug-likeness (QED) is 0.822. The minimum Gasteiger partial charge on any atom is -0.297 e. The zero-order valence-electron chi connectivity index (χ0n) is 12.5. The first-order chi connectivity index (χ1) is 9.35. The van der Waals surface area contributed by atoms with E-state index in [0.29, 0.717) is 12.3 Å². The first kappa shape index (κ1) is 15.4. The maximum absolute atomic E-state index is 11.2. The summed E-state index contributed by atoms with van der Waals surface area (Å²) >= 11 is 0. The highest BCUT2D eigenvalue weighted by Gasteiger charge is 2.19. The highest BCUT2D eigenvalue weighted by molar-refractivity contribution is 7.90. The third-order valence-corrected chi connectivity index (χ3v) is 4.58. The predicted molar refractivity (Wildman–Crippen MR) is 79.4 cm³/mol. The molecule has 0 atom stereocenters. The summed E-state index contributed by atoms with van der Waals surface area (Å²) in [6, 6.07) is 0. The number of rotatable bonds is 5. The summed E-state index contributed by atoms with van der Waals surface area (Å²) in [5.41, 5.74) is 2.34. The average molecular weight is 297 g/mol. The Morgan fingerprint density at radius 1 is 1.40 bits per heavy atom. The van der Waals surface area contributed by atoms with Crippen molar-refractivity contribution in [3.63, 3.8) is 0 Å². The third-order valence-electron chi connectivity index (χ3n) is 3.55. The van der Waals surface area contributed by atoms with Gasteiger partial charge in [0.1, 0.15) is 15.7 Å². The number of hydrogen-bond acceptors (Lipinski definition) is 5. The van der Waals surface area contributed by atoms with Crippen molar-refractivity contribution in [1.82, 2.24) is 14.9 Å². The normalized spacial score (nSPS) is 16.4. The van der Waals surface area contributed by atoms with Gasteiger partial charge in [-0.1, -0.05) is 13.8 Å². The molecule has 5 nitrogen and oxygen atoms in total. The standard InChI is InChI=1S/C14H23N3O2S/c1-11(2)14-15-9-12-5-7-17(10-13(12)16-14)6-4-8-20(3,18)19/h9,11H,4-8,10H2,1-3H3. The van der Waals surface area contributed by atoms with Gasteiger partial charge in [0, 0.05) is 31.5 Å². The van der Waals surface area contributed by atoms with Crippen molar-refractivity contribution in [3.8, 4) is 0 Å². The number of sulfone groups is 1. The van der Waals surface area contributed by atoms with Gasteiger partial charge in [-0.15, -0.1) is 0 Å². The van der Waals surface area contributed by atoms with Crippen molar-refractivity contribution in [2.24, 2.45) is 0 Å². The SMILES string of the molecule is CC(C)c1ncc2c(n1)CN(CCCS(C)(=O)=O)CC2. The molecule has 1 aromatic rings. The van der Waals surface area contributed by atoms with Gasteiger partial charge in [-0.3, -0.25) is 4.90 Å². The summed E-state index contributed by atoms with van der Waals surface area (Å²) < 4.78 is 22.3. The molecule has 0 radical (unpaired) electrons. The molecule has 112 valence electrons. The van der Waals surface area contributed by atoms with Gasteiger partial charge in [-0.05, 0) is 24.9 Å². The van der Waals surface area contributed by atoms with Crippen LogP contribution in [0.15, 0.2) is 6.20 Å². The van der Waals surface area contributed by atoms with Crippen molar-refractivity contribution < 1.29 is 8.42 Å². The molecular formula is C14H23N3O2S. The van der Waals surface area contributed by atoms with Crippen molar-refractivity contribution in [2.45, 2.75) is 39.2 Å². The maximum atomic E-state index is 11.2. The number of nitrogens with zero attached hydrogens (tertiary/aromatic N) is 3. The highest BCUT2D eigenvalue weighted by atomic mass is 32.2. The second kappa shape index (κ2) is 6.18. The van der Waals surface area contributed by atoms with Crippen LogP contribution in [0.25, 0.3) is 0 Å². The number of hydrogen-bond donors (Lipinski definition) is 0. The second-order valence-corrected chi connectivity index (χ2v) is 8.12. The van der Waals surface area contributed by atoms with Crippen LogP contribution in [0.2, 0.25) is 0 Å². The largest absolute Gasteiger partial charge is 0.297 e. The lowest BCUT2D eigenvalue weighted by Gasteiger charge is -2.28. The molecule has 1 aliphatic heterocycles. The van der Waals surface area contributed by atoms with Crippen molar-refractivity contribution in [2.75, 3.05) is 25.1 Å². The Bertz CT molecular complexity index is 570. The Morgan fingerprint density at radius 3 is 2.80 bits per heavy atom. The van der Waals surface area contributed by atoms with Gasteiger partial charge in [0.05, 0.1) is 11.4 Å². The van der Waals surface area contributed by atoms with Crippen molar-refractivity contribution in [1.29, 1.82) is 0 Å². The molecule has 0 unspecified atom stereocenters. The van der Waals surface area contributed by atoms with Gasteiger partial charge in [0.15, 0.2) is 0 Å². The molecule has 0 N–H and O–H groups in total. The molecule has 0 aliphatic carbocycles. The topological polar surface area (TPSA) is 63.2 Å². The fourth-order valence-corrected chi connectivity index (χ4v) is 3.05. The molecule has 1 aromatic heterocycles. The van der Waals surface area contributed by atoms with Crippen molar-refractivity contribution >= 4 is 9.84 Å². The maximum Gasteiger partial charge on any atom is 0.147 e. The summed E-state index contributed by atoms with van der Waals surface area (Å²) in [6.07, 6.45) is 4.88. The zero-order valence-corrected chi connectivity index (χ0v) is 13.3. The molecule has 20 heavy (non-hydrogen) atoms. The Morgan fingerprint density at radius 2 is 2.15 bits per heavy atom. The van der Waals surface area contributed by atoms with Crippen LogP contribution >= 0.6 is 0 Å². The van der Waals surface area contributed by atoms with E-state index in [-0.39, 0.29) is 5.75 Å². The molecule has 0 amide bonds. The van der Waals surface area contributed by atoms with Crippen LogP contribution in [0.1, 0.15) is 43.3 Å². The Hall–Kier alpha value is -1.01. The van der Waals surface area contributed by atoms with E-state index >= 15 is 0 Å². The molecule has 0 bridgehead atoms. The van der Waals surface area contributed by atoms with Gasteiger partial charge in [-0.25, -0.2) is 18.4 Å². The molecule has 0 spiro atoms. The molecule has 0 aromatic carbocycles. The number of aromatic nitrogens is 2. The third kappa shape index (κ3) is 4.24. The second-order valence-electron chi connectivity index (χ2n) is 5.86. The lowest BCUT2D eigenvalue weighted by Crippen LogP contribution is -2.33. The van der Waals surface area contributed by atoms with Crippen LogP contribution in [0.5, 0.6) is 0 Å². The first-order valence-electron chi connectivity index (χ1n) is 7.10. The summed E-state index contributed by atoms with van der Waals surface area (Å²) in [7, 11) is -2.86. The van der Waals surface area contributed by atoms with E-state index in [1.807, 2.05) is 6.20 Å². The van der Waals surface area contributed by atoms with Crippen LogP contribution in [-0.2, 0) is 22.8 Å². The predicted octanol–water partition coefficient (Wildman–Crippen LogP) is 1.39. The Kier molecular flexibility index (Phi) is 4.75. The van der Waals surface area contributed by atoms with E-state index in [4.69, 9.17) is 0 Å².